The van der Waals surface area contributed by atoms with Crippen LogP contribution in [0.15, 0.2) is 53.6 Å². The molecule has 2 N–H and O–H groups in total. The van der Waals surface area contributed by atoms with E-state index in [4.69, 9.17) is 21.0 Å². The number of benzene rings is 1. The van der Waals surface area contributed by atoms with Gasteiger partial charge in [-0.3, -0.25) is 4.79 Å². The summed E-state index contributed by atoms with van der Waals surface area (Å²) in [6.07, 6.45) is 7.12. The van der Waals surface area contributed by atoms with Gasteiger partial charge in [0.05, 0.1) is 19.8 Å². The molecule has 0 unspecified atom stereocenters. The minimum absolute atomic E-state index is 0.0102. The maximum absolute atomic E-state index is 12.3. The average Bonchev–Trinajstić information content (AvgIpc) is 3.25. The van der Waals surface area contributed by atoms with Crippen LogP contribution in [0, 0.1) is 12.3 Å². The molecule has 1 aromatic carbocycles. The molecule has 2 heterocycles. The summed E-state index contributed by atoms with van der Waals surface area (Å²) in [6.45, 7) is 0.509. The van der Waals surface area contributed by atoms with Crippen molar-refractivity contribution < 1.29 is 19.4 Å². The number of allylic oxidation sites excluding steroid dienone is 1. The second-order valence-electron chi connectivity index (χ2n) is 6.11. The maximum atomic E-state index is 12.3. The summed E-state index contributed by atoms with van der Waals surface area (Å²) in [5.41, 5.74) is 1.82. The van der Waals surface area contributed by atoms with Crippen molar-refractivity contribution in [2.75, 3.05) is 6.54 Å². The molecule has 27 heavy (non-hydrogen) atoms. The van der Waals surface area contributed by atoms with Crippen LogP contribution in [-0.4, -0.2) is 23.8 Å². The van der Waals surface area contributed by atoms with E-state index in [1.807, 2.05) is 47.9 Å². The molecule has 1 amide bonds. The van der Waals surface area contributed by atoms with Gasteiger partial charge < -0.3 is 19.9 Å². The van der Waals surface area contributed by atoms with Crippen molar-refractivity contribution in [1.82, 2.24) is 5.32 Å². The molecular formula is C21H21NO4S. The number of terminal acetylenes is 1. The fourth-order valence-electron chi connectivity index (χ4n) is 2.77. The summed E-state index contributed by atoms with van der Waals surface area (Å²) >= 11 is 1.64. The van der Waals surface area contributed by atoms with E-state index in [0.29, 0.717) is 13.0 Å². The molecule has 5 nitrogen and oxygen atoms in total. The topological polar surface area (TPSA) is 67.8 Å². The van der Waals surface area contributed by atoms with Gasteiger partial charge >= 0.3 is 0 Å². The third-order valence-corrected chi connectivity index (χ3v) is 5.19. The van der Waals surface area contributed by atoms with E-state index in [0.717, 1.165) is 16.0 Å². The standard InChI is InChI=1S/C21H21NO4S/c1-2-9-22-21(24)18-11-17(19-4-3-10-27-19)12-20(26-18)25-14-16-7-5-15(13-23)6-8-16/h1,3-8,10-11,17,20,23H,9,12-14H2,(H,22,24)/t17-,20+/m0/s1. The fraction of sp³-hybridized carbons (Fsp3) is 0.286. The van der Waals surface area contributed by atoms with Crippen LogP contribution in [0.1, 0.15) is 28.3 Å². The predicted molar refractivity (Wildman–Crippen MR) is 104 cm³/mol. The third-order valence-electron chi connectivity index (χ3n) is 4.18. The Morgan fingerprint density at radius 2 is 2.11 bits per heavy atom. The van der Waals surface area contributed by atoms with E-state index >= 15 is 0 Å². The lowest BCUT2D eigenvalue weighted by molar-refractivity contribution is -0.150. The number of hydrogen-bond donors (Lipinski definition) is 2. The van der Waals surface area contributed by atoms with Crippen molar-refractivity contribution in [3.63, 3.8) is 0 Å². The molecule has 0 fully saturated rings. The van der Waals surface area contributed by atoms with Crippen molar-refractivity contribution in [2.45, 2.75) is 31.8 Å². The summed E-state index contributed by atoms with van der Waals surface area (Å²) in [6, 6.07) is 11.5. The molecule has 1 aliphatic rings. The van der Waals surface area contributed by atoms with E-state index in [1.54, 1.807) is 11.3 Å². The molecule has 0 spiro atoms. The van der Waals surface area contributed by atoms with E-state index in [-0.39, 0.29) is 30.7 Å². The highest BCUT2D eigenvalue weighted by atomic mass is 32.1. The number of thiophene rings is 1. The van der Waals surface area contributed by atoms with Crippen LogP contribution in [0.3, 0.4) is 0 Å². The molecule has 6 heteroatoms. The first-order valence-corrected chi connectivity index (χ1v) is 9.51. The number of amides is 1. The Labute approximate surface area is 162 Å². The van der Waals surface area contributed by atoms with Crippen molar-refractivity contribution in [3.8, 4) is 12.3 Å². The zero-order valence-electron chi connectivity index (χ0n) is 14.8. The Balaban J connectivity index is 1.68. The lowest BCUT2D eigenvalue weighted by atomic mass is 9.99. The monoisotopic (exact) mass is 383 g/mol. The second kappa shape index (κ2) is 9.38. The van der Waals surface area contributed by atoms with Crippen molar-refractivity contribution in [3.05, 3.63) is 69.6 Å². The van der Waals surface area contributed by atoms with Gasteiger partial charge in [-0.05, 0) is 28.6 Å². The Morgan fingerprint density at radius 3 is 2.78 bits per heavy atom. The van der Waals surface area contributed by atoms with E-state index in [2.05, 4.69) is 11.2 Å². The Morgan fingerprint density at radius 1 is 1.33 bits per heavy atom. The van der Waals surface area contributed by atoms with Gasteiger partial charge in [0.25, 0.3) is 5.91 Å². The summed E-state index contributed by atoms with van der Waals surface area (Å²) in [5.74, 6) is 2.32. The summed E-state index contributed by atoms with van der Waals surface area (Å²) in [4.78, 5) is 13.4. The van der Waals surface area contributed by atoms with Gasteiger partial charge in [0.1, 0.15) is 0 Å². The largest absolute Gasteiger partial charge is 0.459 e. The smallest absolute Gasteiger partial charge is 0.286 e. The number of hydrogen-bond acceptors (Lipinski definition) is 5. The molecule has 2 aromatic rings. The normalized spacial score (nSPS) is 18.9. The Bertz CT molecular complexity index is 821. The van der Waals surface area contributed by atoms with Gasteiger partial charge in [0.15, 0.2) is 5.76 Å². The molecule has 0 saturated carbocycles. The highest BCUT2D eigenvalue weighted by Gasteiger charge is 2.29. The molecule has 3 rings (SSSR count). The number of carbonyl (C=O) groups is 1. The Kier molecular flexibility index (Phi) is 6.66. The number of nitrogens with one attached hydrogen (secondary N) is 1. The number of carbonyl (C=O) groups excluding carboxylic acids is 1. The van der Waals surface area contributed by atoms with Crippen LogP contribution in [0.25, 0.3) is 0 Å². The first kappa shape index (κ1) is 19.2. The van der Waals surface area contributed by atoms with Gasteiger partial charge in [0.2, 0.25) is 6.29 Å². The summed E-state index contributed by atoms with van der Waals surface area (Å²) in [7, 11) is 0. The lowest BCUT2D eigenvalue weighted by Crippen LogP contribution is -2.32. The third kappa shape index (κ3) is 5.20. The average molecular weight is 383 g/mol. The second-order valence-corrected chi connectivity index (χ2v) is 7.09. The zero-order valence-corrected chi connectivity index (χ0v) is 15.6. The van der Waals surface area contributed by atoms with Gasteiger partial charge in [0, 0.05) is 17.2 Å². The van der Waals surface area contributed by atoms with Gasteiger partial charge in [-0.15, -0.1) is 17.8 Å². The van der Waals surface area contributed by atoms with Gasteiger partial charge in [-0.25, -0.2) is 0 Å². The highest BCUT2D eigenvalue weighted by Crippen LogP contribution is 2.34. The molecule has 0 radical (unpaired) electrons. The van der Waals surface area contributed by atoms with Crippen molar-refractivity contribution >= 4 is 17.2 Å². The number of rotatable bonds is 7. The van der Waals surface area contributed by atoms with Crippen LogP contribution >= 0.6 is 11.3 Å². The quantitative estimate of drug-likeness (QED) is 0.722. The molecule has 0 saturated heterocycles. The minimum atomic E-state index is -0.536. The maximum Gasteiger partial charge on any atom is 0.286 e. The summed E-state index contributed by atoms with van der Waals surface area (Å²) in [5, 5.41) is 13.8. The zero-order chi connectivity index (χ0) is 19.1. The van der Waals surface area contributed by atoms with Crippen LogP contribution in [0.2, 0.25) is 0 Å². The van der Waals surface area contributed by atoms with E-state index in [1.165, 1.54) is 0 Å². The van der Waals surface area contributed by atoms with E-state index < -0.39 is 6.29 Å². The van der Waals surface area contributed by atoms with Crippen molar-refractivity contribution in [1.29, 1.82) is 0 Å². The first-order valence-electron chi connectivity index (χ1n) is 8.63. The minimum Gasteiger partial charge on any atom is -0.459 e. The molecule has 2 atom stereocenters. The summed E-state index contributed by atoms with van der Waals surface area (Å²) < 4.78 is 11.7. The number of aliphatic hydroxyl groups is 1. The van der Waals surface area contributed by atoms with Crippen LogP contribution in [-0.2, 0) is 27.5 Å². The molecule has 1 aliphatic heterocycles. The molecule has 0 bridgehead atoms. The van der Waals surface area contributed by atoms with Crippen LogP contribution in [0.5, 0.6) is 0 Å². The van der Waals surface area contributed by atoms with Crippen LogP contribution in [0.4, 0.5) is 0 Å². The first-order chi connectivity index (χ1) is 13.2. The number of ether oxygens (including phenoxy) is 2. The Hall–Kier alpha value is -2.59. The molecule has 1 aromatic heterocycles. The fourth-order valence-corrected chi connectivity index (χ4v) is 3.58. The van der Waals surface area contributed by atoms with Crippen LogP contribution < -0.4 is 5.32 Å². The van der Waals surface area contributed by atoms with E-state index in [9.17, 15) is 4.79 Å². The van der Waals surface area contributed by atoms with Gasteiger partial charge in [-0.2, -0.15) is 0 Å². The van der Waals surface area contributed by atoms with Crippen molar-refractivity contribution in [2.24, 2.45) is 0 Å². The molecule has 140 valence electrons. The van der Waals surface area contributed by atoms with Gasteiger partial charge in [-0.1, -0.05) is 36.3 Å². The predicted octanol–water partition coefficient (Wildman–Crippen LogP) is 2.92. The highest BCUT2D eigenvalue weighted by molar-refractivity contribution is 7.10. The lowest BCUT2D eigenvalue weighted by Gasteiger charge is -2.28. The molecule has 0 aliphatic carbocycles. The SMILES string of the molecule is C#CCNC(=O)C1=C[C@H](c2cccs2)C[C@H](OCc2ccc(CO)cc2)O1. The molecular weight excluding hydrogens is 362 g/mol. The number of aliphatic hydroxyl groups excluding tert-OH is 1.